The standard InChI is InChI=1S/C14H27N3O2/c1-11(2)10-12(18)16-6-8-17(9-7-16)13(19)15-14(3,4)5/h11H,6-10H2,1-5H3,(H,15,19). The molecule has 0 aliphatic carbocycles. The Morgan fingerprint density at radius 3 is 1.95 bits per heavy atom. The molecule has 5 nitrogen and oxygen atoms in total. The highest BCUT2D eigenvalue weighted by Gasteiger charge is 2.26. The molecule has 1 heterocycles. The van der Waals surface area contributed by atoms with Crippen molar-refractivity contribution in [2.45, 2.75) is 46.6 Å². The highest BCUT2D eigenvalue weighted by molar-refractivity contribution is 5.78. The van der Waals surface area contributed by atoms with Gasteiger partial charge in [-0.2, -0.15) is 0 Å². The lowest BCUT2D eigenvalue weighted by Crippen LogP contribution is -2.56. The average molecular weight is 269 g/mol. The fraction of sp³-hybridized carbons (Fsp3) is 0.857. The molecule has 0 aromatic rings. The zero-order chi connectivity index (χ0) is 14.6. The van der Waals surface area contributed by atoms with Gasteiger partial charge in [-0.15, -0.1) is 0 Å². The van der Waals surface area contributed by atoms with Crippen LogP contribution in [-0.4, -0.2) is 53.5 Å². The molecule has 0 aromatic heterocycles. The molecule has 0 bridgehead atoms. The third-order valence-corrected chi connectivity index (χ3v) is 2.98. The number of carbonyl (C=O) groups is 2. The average Bonchev–Trinajstić information content (AvgIpc) is 2.26. The van der Waals surface area contributed by atoms with Crippen molar-refractivity contribution in [3.63, 3.8) is 0 Å². The molecular formula is C14H27N3O2. The summed E-state index contributed by atoms with van der Waals surface area (Å²) < 4.78 is 0. The lowest BCUT2D eigenvalue weighted by molar-refractivity contribution is -0.133. The van der Waals surface area contributed by atoms with Crippen LogP contribution >= 0.6 is 0 Å². The number of nitrogens with one attached hydrogen (secondary N) is 1. The van der Waals surface area contributed by atoms with E-state index in [4.69, 9.17) is 0 Å². The van der Waals surface area contributed by atoms with Crippen molar-refractivity contribution in [3.8, 4) is 0 Å². The third-order valence-electron chi connectivity index (χ3n) is 2.98. The van der Waals surface area contributed by atoms with E-state index in [-0.39, 0.29) is 17.5 Å². The summed E-state index contributed by atoms with van der Waals surface area (Å²) in [6.07, 6.45) is 0.591. The van der Waals surface area contributed by atoms with Crippen LogP contribution in [0.25, 0.3) is 0 Å². The summed E-state index contributed by atoms with van der Waals surface area (Å²) in [5.74, 6) is 0.584. The monoisotopic (exact) mass is 269 g/mol. The second-order valence-corrected chi connectivity index (χ2v) is 6.65. The summed E-state index contributed by atoms with van der Waals surface area (Å²) in [7, 11) is 0. The Morgan fingerprint density at radius 1 is 1.05 bits per heavy atom. The van der Waals surface area contributed by atoms with Crippen molar-refractivity contribution in [1.29, 1.82) is 0 Å². The molecule has 1 aliphatic heterocycles. The number of urea groups is 1. The summed E-state index contributed by atoms with van der Waals surface area (Å²) in [4.78, 5) is 27.5. The van der Waals surface area contributed by atoms with E-state index < -0.39 is 0 Å². The van der Waals surface area contributed by atoms with Crippen LogP contribution in [0.15, 0.2) is 0 Å². The van der Waals surface area contributed by atoms with Gasteiger partial charge in [0.1, 0.15) is 0 Å². The Hall–Kier alpha value is -1.26. The second kappa shape index (κ2) is 6.26. The van der Waals surface area contributed by atoms with E-state index in [9.17, 15) is 9.59 Å². The van der Waals surface area contributed by atoms with E-state index in [1.165, 1.54) is 0 Å². The van der Waals surface area contributed by atoms with Gasteiger partial charge >= 0.3 is 6.03 Å². The highest BCUT2D eigenvalue weighted by Crippen LogP contribution is 2.09. The first-order valence-corrected chi connectivity index (χ1v) is 7.04. The fourth-order valence-electron chi connectivity index (χ4n) is 2.04. The number of piperazine rings is 1. The first-order valence-electron chi connectivity index (χ1n) is 7.04. The summed E-state index contributed by atoms with van der Waals surface area (Å²) in [5, 5.41) is 2.95. The molecule has 0 atom stereocenters. The molecule has 1 fully saturated rings. The number of rotatable bonds is 2. The molecule has 5 heteroatoms. The van der Waals surface area contributed by atoms with Gasteiger partial charge in [0.15, 0.2) is 0 Å². The fourth-order valence-corrected chi connectivity index (χ4v) is 2.04. The van der Waals surface area contributed by atoms with E-state index in [2.05, 4.69) is 5.32 Å². The van der Waals surface area contributed by atoms with Gasteiger partial charge in [0, 0.05) is 38.1 Å². The van der Waals surface area contributed by atoms with Gasteiger partial charge in [-0.3, -0.25) is 4.79 Å². The molecule has 19 heavy (non-hydrogen) atoms. The zero-order valence-electron chi connectivity index (χ0n) is 12.8. The SMILES string of the molecule is CC(C)CC(=O)N1CCN(C(=O)NC(C)(C)C)CC1. The van der Waals surface area contributed by atoms with Crippen molar-refractivity contribution in [2.75, 3.05) is 26.2 Å². The molecule has 0 unspecified atom stereocenters. The van der Waals surface area contributed by atoms with Gasteiger partial charge in [0.2, 0.25) is 5.91 Å². The van der Waals surface area contributed by atoms with Crippen molar-refractivity contribution < 1.29 is 9.59 Å². The first kappa shape index (κ1) is 15.8. The molecule has 1 N–H and O–H groups in total. The number of hydrogen-bond acceptors (Lipinski definition) is 2. The van der Waals surface area contributed by atoms with Crippen LogP contribution in [0.3, 0.4) is 0 Å². The Morgan fingerprint density at radius 2 is 1.53 bits per heavy atom. The lowest BCUT2D eigenvalue weighted by Gasteiger charge is -2.36. The van der Waals surface area contributed by atoms with Crippen LogP contribution in [0.1, 0.15) is 41.0 Å². The minimum Gasteiger partial charge on any atom is -0.339 e. The molecule has 1 saturated heterocycles. The quantitative estimate of drug-likeness (QED) is 0.829. The normalized spacial score (nSPS) is 16.7. The Bertz CT molecular complexity index is 326. The van der Waals surface area contributed by atoms with Crippen molar-refractivity contribution in [3.05, 3.63) is 0 Å². The van der Waals surface area contributed by atoms with Crippen LogP contribution in [0.5, 0.6) is 0 Å². The minimum absolute atomic E-state index is 0.0385. The summed E-state index contributed by atoms with van der Waals surface area (Å²) in [6.45, 7) is 12.5. The summed E-state index contributed by atoms with van der Waals surface area (Å²) in [5.41, 5.74) is -0.221. The third kappa shape index (κ3) is 5.49. The molecule has 1 aliphatic rings. The maximum absolute atomic E-state index is 12.0. The minimum atomic E-state index is -0.221. The zero-order valence-corrected chi connectivity index (χ0v) is 12.8. The second-order valence-electron chi connectivity index (χ2n) is 6.65. The molecule has 110 valence electrons. The number of hydrogen-bond donors (Lipinski definition) is 1. The van der Waals surface area contributed by atoms with E-state index in [1.54, 1.807) is 4.90 Å². The van der Waals surface area contributed by atoms with E-state index in [0.717, 1.165) is 0 Å². The molecular weight excluding hydrogens is 242 g/mol. The van der Waals surface area contributed by atoms with Gasteiger partial charge in [-0.25, -0.2) is 4.79 Å². The topological polar surface area (TPSA) is 52.7 Å². The molecule has 3 amide bonds. The number of carbonyl (C=O) groups excluding carboxylic acids is 2. The highest BCUT2D eigenvalue weighted by atomic mass is 16.2. The number of nitrogens with zero attached hydrogens (tertiary/aromatic N) is 2. The van der Waals surface area contributed by atoms with E-state index in [0.29, 0.717) is 38.5 Å². The molecule has 0 spiro atoms. The maximum Gasteiger partial charge on any atom is 0.317 e. The Balaban J connectivity index is 2.40. The van der Waals surface area contributed by atoms with Gasteiger partial charge in [0.25, 0.3) is 0 Å². The predicted molar refractivity (Wildman–Crippen MR) is 75.9 cm³/mol. The largest absolute Gasteiger partial charge is 0.339 e. The predicted octanol–water partition coefficient (Wildman–Crippen LogP) is 1.68. The van der Waals surface area contributed by atoms with Gasteiger partial charge in [-0.1, -0.05) is 13.8 Å². The van der Waals surface area contributed by atoms with Gasteiger partial charge in [-0.05, 0) is 26.7 Å². The molecule has 0 radical (unpaired) electrons. The van der Waals surface area contributed by atoms with Crippen LogP contribution in [-0.2, 0) is 4.79 Å². The van der Waals surface area contributed by atoms with Crippen LogP contribution < -0.4 is 5.32 Å². The Labute approximate surface area is 116 Å². The molecule has 0 saturated carbocycles. The van der Waals surface area contributed by atoms with Crippen LogP contribution in [0.2, 0.25) is 0 Å². The number of amides is 3. The smallest absolute Gasteiger partial charge is 0.317 e. The Kier molecular flexibility index (Phi) is 5.20. The van der Waals surface area contributed by atoms with Crippen molar-refractivity contribution in [2.24, 2.45) is 5.92 Å². The van der Waals surface area contributed by atoms with Crippen LogP contribution in [0.4, 0.5) is 4.79 Å². The van der Waals surface area contributed by atoms with E-state index >= 15 is 0 Å². The van der Waals surface area contributed by atoms with Crippen molar-refractivity contribution >= 4 is 11.9 Å². The van der Waals surface area contributed by atoms with Gasteiger partial charge < -0.3 is 15.1 Å². The summed E-state index contributed by atoms with van der Waals surface area (Å²) in [6, 6.07) is -0.0385. The first-order chi connectivity index (χ1) is 8.69. The van der Waals surface area contributed by atoms with Crippen molar-refractivity contribution in [1.82, 2.24) is 15.1 Å². The maximum atomic E-state index is 12.0. The molecule has 0 aromatic carbocycles. The van der Waals surface area contributed by atoms with E-state index in [1.807, 2.05) is 39.5 Å². The van der Waals surface area contributed by atoms with Gasteiger partial charge in [0.05, 0.1) is 0 Å². The van der Waals surface area contributed by atoms with Crippen LogP contribution in [0, 0.1) is 5.92 Å². The molecule has 1 rings (SSSR count). The summed E-state index contributed by atoms with van der Waals surface area (Å²) >= 11 is 0. The lowest BCUT2D eigenvalue weighted by atomic mass is 10.1.